The van der Waals surface area contributed by atoms with Crippen LogP contribution in [0.5, 0.6) is 0 Å². The van der Waals surface area contributed by atoms with Gasteiger partial charge in [0, 0.05) is 5.54 Å². The zero-order valence-corrected chi connectivity index (χ0v) is 8.60. The van der Waals surface area contributed by atoms with Crippen molar-refractivity contribution in [1.29, 1.82) is 0 Å². The summed E-state index contributed by atoms with van der Waals surface area (Å²) >= 11 is 0. The first-order chi connectivity index (χ1) is 6.07. The maximum atomic E-state index is 11.5. The highest BCUT2D eigenvalue weighted by molar-refractivity contribution is 5.82. The van der Waals surface area contributed by atoms with E-state index in [2.05, 4.69) is 12.2 Å². The Bertz CT molecular complexity index is 185. The smallest absolute Gasteiger partial charge is 0.237 e. The predicted molar refractivity (Wildman–Crippen MR) is 53.3 cm³/mol. The van der Waals surface area contributed by atoms with Gasteiger partial charge in [-0.25, -0.2) is 0 Å². The fraction of sp³-hybridized carbons (Fsp3) is 0.900. The van der Waals surface area contributed by atoms with Crippen molar-refractivity contribution in [2.45, 2.75) is 57.5 Å². The normalized spacial score (nSPS) is 22.7. The van der Waals surface area contributed by atoms with Crippen molar-refractivity contribution in [3.05, 3.63) is 0 Å². The molecule has 1 rings (SSSR count). The number of nitrogens with one attached hydrogen (secondary N) is 1. The van der Waals surface area contributed by atoms with Gasteiger partial charge < -0.3 is 11.1 Å². The fourth-order valence-electron chi connectivity index (χ4n) is 1.86. The maximum absolute atomic E-state index is 11.5. The predicted octanol–water partition coefficient (Wildman–Crippen LogP) is 1.17. The number of hydrogen-bond acceptors (Lipinski definition) is 2. The lowest BCUT2D eigenvalue weighted by atomic mass is 10.00. The summed E-state index contributed by atoms with van der Waals surface area (Å²) in [4.78, 5) is 11.5. The zero-order chi connectivity index (χ0) is 9.90. The van der Waals surface area contributed by atoms with E-state index in [-0.39, 0.29) is 17.5 Å². The highest BCUT2D eigenvalue weighted by Crippen LogP contribution is 2.28. The Labute approximate surface area is 80.1 Å². The van der Waals surface area contributed by atoms with Crippen LogP contribution in [0.2, 0.25) is 0 Å². The number of amides is 1. The van der Waals surface area contributed by atoms with Crippen LogP contribution in [0.3, 0.4) is 0 Å². The summed E-state index contributed by atoms with van der Waals surface area (Å²) in [7, 11) is 0. The minimum Gasteiger partial charge on any atom is -0.350 e. The Morgan fingerprint density at radius 2 is 2.08 bits per heavy atom. The molecule has 76 valence electrons. The van der Waals surface area contributed by atoms with Gasteiger partial charge in [-0.05, 0) is 26.2 Å². The molecule has 1 aliphatic carbocycles. The summed E-state index contributed by atoms with van der Waals surface area (Å²) in [5, 5.41) is 3.04. The van der Waals surface area contributed by atoms with E-state index in [1.165, 1.54) is 12.8 Å². The molecule has 3 heteroatoms. The summed E-state index contributed by atoms with van der Waals surface area (Å²) in [6.45, 7) is 4.04. The van der Waals surface area contributed by atoms with Gasteiger partial charge in [-0.3, -0.25) is 4.79 Å². The van der Waals surface area contributed by atoms with Crippen molar-refractivity contribution < 1.29 is 4.79 Å². The van der Waals surface area contributed by atoms with Gasteiger partial charge in [0.2, 0.25) is 5.91 Å². The van der Waals surface area contributed by atoms with Crippen molar-refractivity contribution in [1.82, 2.24) is 5.32 Å². The lowest BCUT2D eigenvalue weighted by molar-refractivity contribution is -0.124. The van der Waals surface area contributed by atoms with E-state index in [9.17, 15) is 4.79 Å². The Morgan fingerprint density at radius 3 is 2.54 bits per heavy atom. The molecular weight excluding hydrogens is 164 g/mol. The first-order valence-corrected chi connectivity index (χ1v) is 5.15. The Hall–Kier alpha value is -0.570. The molecule has 0 heterocycles. The summed E-state index contributed by atoms with van der Waals surface area (Å²) < 4.78 is 0. The Balaban J connectivity index is 2.43. The monoisotopic (exact) mass is 184 g/mol. The van der Waals surface area contributed by atoms with Crippen LogP contribution >= 0.6 is 0 Å². The van der Waals surface area contributed by atoms with Crippen molar-refractivity contribution in [2.75, 3.05) is 0 Å². The van der Waals surface area contributed by atoms with E-state index >= 15 is 0 Å². The van der Waals surface area contributed by atoms with E-state index in [0.717, 1.165) is 12.8 Å². The maximum Gasteiger partial charge on any atom is 0.237 e. The van der Waals surface area contributed by atoms with E-state index in [0.29, 0.717) is 6.42 Å². The summed E-state index contributed by atoms with van der Waals surface area (Å²) in [5.41, 5.74) is 5.66. The van der Waals surface area contributed by atoms with Crippen LogP contribution in [-0.4, -0.2) is 17.5 Å². The van der Waals surface area contributed by atoms with E-state index in [4.69, 9.17) is 5.73 Å². The number of carbonyl (C=O) groups is 1. The van der Waals surface area contributed by atoms with Crippen LogP contribution in [0.4, 0.5) is 0 Å². The van der Waals surface area contributed by atoms with Gasteiger partial charge in [0.1, 0.15) is 0 Å². The molecule has 1 saturated carbocycles. The van der Waals surface area contributed by atoms with Crippen LogP contribution in [0, 0.1) is 0 Å². The molecule has 0 aromatic heterocycles. The molecule has 0 aromatic carbocycles. The number of nitrogens with two attached hydrogens (primary N) is 1. The zero-order valence-electron chi connectivity index (χ0n) is 8.60. The van der Waals surface area contributed by atoms with Gasteiger partial charge >= 0.3 is 0 Å². The highest BCUT2D eigenvalue weighted by Gasteiger charge is 2.31. The van der Waals surface area contributed by atoms with Gasteiger partial charge in [0.15, 0.2) is 0 Å². The van der Waals surface area contributed by atoms with Crippen LogP contribution in [0.1, 0.15) is 46.0 Å². The third kappa shape index (κ3) is 2.69. The highest BCUT2D eigenvalue weighted by atomic mass is 16.2. The average Bonchev–Trinajstić information content (AvgIpc) is 2.50. The third-order valence-electron chi connectivity index (χ3n) is 2.91. The van der Waals surface area contributed by atoms with Crippen LogP contribution in [0.15, 0.2) is 0 Å². The lowest BCUT2D eigenvalue weighted by Gasteiger charge is -2.26. The minimum absolute atomic E-state index is 0.00639. The van der Waals surface area contributed by atoms with Crippen LogP contribution in [0.25, 0.3) is 0 Å². The lowest BCUT2D eigenvalue weighted by Crippen LogP contribution is -2.50. The number of hydrogen-bond donors (Lipinski definition) is 2. The van der Waals surface area contributed by atoms with Gasteiger partial charge in [-0.1, -0.05) is 19.8 Å². The first kappa shape index (κ1) is 10.5. The second-order valence-corrected chi connectivity index (χ2v) is 4.27. The molecule has 1 amide bonds. The fourth-order valence-corrected chi connectivity index (χ4v) is 1.86. The molecule has 13 heavy (non-hydrogen) atoms. The Morgan fingerprint density at radius 1 is 1.54 bits per heavy atom. The molecule has 0 radical (unpaired) electrons. The molecule has 0 unspecified atom stereocenters. The van der Waals surface area contributed by atoms with E-state index in [1.807, 2.05) is 6.92 Å². The topological polar surface area (TPSA) is 55.1 Å². The quantitative estimate of drug-likeness (QED) is 0.692. The van der Waals surface area contributed by atoms with Crippen molar-refractivity contribution in [3.63, 3.8) is 0 Å². The molecule has 3 N–H and O–H groups in total. The SMILES string of the molecule is CC[C@H](N)C(=O)NC1(C)CCCC1. The standard InChI is InChI=1S/C10H20N2O/c1-3-8(11)9(13)12-10(2)6-4-5-7-10/h8H,3-7,11H2,1-2H3,(H,12,13)/t8-/m0/s1. The van der Waals surface area contributed by atoms with E-state index < -0.39 is 0 Å². The van der Waals surface area contributed by atoms with Crippen molar-refractivity contribution in [3.8, 4) is 0 Å². The van der Waals surface area contributed by atoms with Gasteiger partial charge in [0.25, 0.3) is 0 Å². The molecule has 0 saturated heterocycles. The molecular formula is C10H20N2O. The number of rotatable bonds is 3. The van der Waals surface area contributed by atoms with Gasteiger partial charge in [0.05, 0.1) is 6.04 Å². The first-order valence-electron chi connectivity index (χ1n) is 5.15. The van der Waals surface area contributed by atoms with Gasteiger partial charge in [-0.15, -0.1) is 0 Å². The Kier molecular flexibility index (Phi) is 3.31. The molecule has 0 aromatic rings. The average molecular weight is 184 g/mol. The molecule has 0 bridgehead atoms. The van der Waals surface area contributed by atoms with Crippen LogP contribution < -0.4 is 11.1 Å². The molecule has 1 aliphatic rings. The summed E-state index contributed by atoms with van der Waals surface area (Å²) in [5.74, 6) is 0.00639. The minimum atomic E-state index is -0.336. The number of carbonyl (C=O) groups excluding carboxylic acids is 1. The summed E-state index contributed by atoms with van der Waals surface area (Å²) in [6.07, 6.45) is 5.34. The molecule has 1 fully saturated rings. The van der Waals surface area contributed by atoms with Crippen LogP contribution in [-0.2, 0) is 4.79 Å². The molecule has 3 nitrogen and oxygen atoms in total. The third-order valence-corrected chi connectivity index (χ3v) is 2.91. The van der Waals surface area contributed by atoms with E-state index in [1.54, 1.807) is 0 Å². The second kappa shape index (κ2) is 4.09. The molecule has 0 aliphatic heterocycles. The molecule has 1 atom stereocenters. The van der Waals surface area contributed by atoms with Crippen molar-refractivity contribution in [2.24, 2.45) is 5.73 Å². The molecule has 0 spiro atoms. The van der Waals surface area contributed by atoms with Gasteiger partial charge in [-0.2, -0.15) is 0 Å². The van der Waals surface area contributed by atoms with Crippen molar-refractivity contribution >= 4 is 5.91 Å². The largest absolute Gasteiger partial charge is 0.350 e. The second-order valence-electron chi connectivity index (χ2n) is 4.27. The summed E-state index contributed by atoms with van der Waals surface area (Å²) in [6, 6.07) is -0.336.